The van der Waals surface area contributed by atoms with Crippen LogP contribution in [0, 0.1) is 11.3 Å². The first kappa shape index (κ1) is 10.9. The molecule has 80 valence electrons. The predicted octanol–water partition coefficient (Wildman–Crippen LogP) is 2.03. The molecule has 0 radical (unpaired) electrons. The Hall–Kier alpha value is -1.64. The molecule has 2 aromatic heterocycles. The molecule has 16 heavy (non-hydrogen) atoms. The topological polar surface area (TPSA) is 58.7 Å². The first-order valence-electron chi connectivity index (χ1n) is 4.36. The van der Waals surface area contributed by atoms with Gasteiger partial charge in [0.05, 0.1) is 14.8 Å². The summed E-state index contributed by atoms with van der Waals surface area (Å²) in [4.78, 5) is 12.1. The number of nitrogens with zero attached hydrogens (tertiary/aromatic N) is 3. The van der Waals surface area contributed by atoms with Crippen molar-refractivity contribution in [1.82, 2.24) is 9.78 Å². The molecule has 0 unspecified atom stereocenters. The maximum absolute atomic E-state index is 11.3. The van der Waals surface area contributed by atoms with Gasteiger partial charge in [-0.15, -0.1) is 11.3 Å². The normalized spacial score (nSPS) is 10.1. The lowest BCUT2D eigenvalue weighted by Crippen LogP contribution is -2.19. The van der Waals surface area contributed by atoms with E-state index in [2.05, 4.69) is 5.10 Å². The SMILES string of the molecule is Cn1nc(-c2ccc(Cl)s2)c(C#N)cc1=O. The zero-order valence-corrected chi connectivity index (χ0v) is 9.84. The monoisotopic (exact) mass is 251 g/mol. The van der Waals surface area contributed by atoms with E-state index in [-0.39, 0.29) is 11.1 Å². The van der Waals surface area contributed by atoms with Crippen LogP contribution in [0.3, 0.4) is 0 Å². The number of thiophene rings is 1. The van der Waals surface area contributed by atoms with Crippen LogP contribution in [0.2, 0.25) is 4.34 Å². The first-order valence-corrected chi connectivity index (χ1v) is 5.55. The van der Waals surface area contributed by atoms with E-state index >= 15 is 0 Å². The first-order chi connectivity index (χ1) is 7.61. The Labute approximate surface area is 100 Å². The number of nitriles is 1. The van der Waals surface area contributed by atoms with E-state index in [0.717, 1.165) is 4.88 Å². The van der Waals surface area contributed by atoms with Gasteiger partial charge in [0.2, 0.25) is 0 Å². The molecular formula is C10H6ClN3OS. The second kappa shape index (κ2) is 4.08. The Morgan fingerprint density at radius 1 is 1.56 bits per heavy atom. The third-order valence-electron chi connectivity index (χ3n) is 2.02. The zero-order valence-electron chi connectivity index (χ0n) is 8.27. The van der Waals surface area contributed by atoms with Crippen LogP contribution in [0.4, 0.5) is 0 Å². The van der Waals surface area contributed by atoms with Crippen molar-refractivity contribution in [2.45, 2.75) is 0 Å². The Morgan fingerprint density at radius 3 is 2.88 bits per heavy atom. The Morgan fingerprint density at radius 2 is 2.31 bits per heavy atom. The molecule has 0 aromatic carbocycles. The highest BCUT2D eigenvalue weighted by Crippen LogP contribution is 2.30. The summed E-state index contributed by atoms with van der Waals surface area (Å²) in [6.45, 7) is 0. The van der Waals surface area contributed by atoms with Gasteiger partial charge in [-0.2, -0.15) is 10.4 Å². The van der Waals surface area contributed by atoms with Gasteiger partial charge in [0.1, 0.15) is 11.8 Å². The molecule has 0 fully saturated rings. The van der Waals surface area contributed by atoms with Crippen LogP contribution in [0.25, 0.3) is 10.6 Å². The van der Waals surface area contributed by atoms with Crippen LogP contribution < -0.4 is 5.56 Å². The highest BCUT2D eigenvalue weighted by atomic mass is 35.5. The highest BCUT2D eigenvalue weighted by molar-refractivity contribution is 7.19. The van der Waals surface area contributed by atoms with Crippen molar-refractivity contribution in [2.24, 2.45) is 7.05 Å². The number of aryl methyl sites for hydroxylation is 1. The van der Waals surface area contributed by atoms with Crippen LogP contribution in [0.1, 0.15) is 5.56 Å². The maximum atomic E-state index is 11.3. The van der Waals surface area contributed by atoms with Crippen molar-refractivity contribution in [1.29, 1.82) is 5.26 Å². The van der Waals surface area contributed by atoms with Crippen molar-refractivity contribution in [2.75, 3.05) is 0 Å². The molecule has 0 saturated heterocycles. The second-order valence-corrected chi connectivity index (χ2v) is 4.80. The van der Waals surface area contributed by atoms with Crippen molar-refractivity contribution < 1.29 is 0 Å². The maximum Gasteiger partial charge on any atom is 0.267 e. The second-order valence-electron chi connectivity index (χ2n) is 3.08. The predicted molar refractivity (Wildman–Crippen MR) is 62.5 cm³/mol. The summed E-state index contributed by atoms with van der Waals surface area (Å²) in [7, 11) is 1.54. The molecule has 0 aliphatic carbocycles. The van der Waals surface area contributed by atoms with E-state index in [1.807, 2.05) is 6.07 Å². The summed E-state index contributed by atoms with van der Waals surface area (Å²) in [6.07, 6.45) is 0. The molecule has 2 heterocycles. The van der Waals surface area contributed by atoms with E-state index in [1.54, 1.807) is 19.2 Å². The minimum atomic E-state index is -0.303. The van der Waals surface area contributed by atoms with Crippen LogP contribution >= 0.6 is 22.9 Å². The van der Waals surface area contributed by atoms with Gasteiger partial charge in [-0.05, 0) is 12.1 Å². The van der Waals surface area contributed by atoms with Crippen molar-refractivity contribution in [3.05, 3.63) is 38.5 Å². The summed E-state index contributed by atoms with van der Waals surface area (Å²) in [5, 5.41) is 13.0. The van der Waals surface area contributed by atoms with Gasteiger partial charge in [0, 0.05) is 13.1 Å². The molecule has 4 nitrogen and oxygen atoms in total. The minimum Gasteiger partial charge on any atom is -0.268 e. The lowest BCUT2D eigenvalue weighted by atomic mass is 10.2. The Bertz CT molecular complexity index is 638. The van der Waals surface area contributed by atoms with Gasteiger partial charge in [0.15, 0.2) is 0 Å². The molecule has 6 heteroatoms. The van der Waals surface area contributed by atoms with Crippen LogP contribution in [0.15, 0.2) is 23.0 Å². The van der Waals surface area contributed by atoms with E-state index in [4.69, 9.17) is 16.9 Å². The van der Waals surface area contributed by atoms with E-state index in [1.165, 1.54) is 22.1 Å². The molecule has 0 atom stereocenters. The average molecular weight is 252 g/mol. The molecule has 0 aliphatic heterocycles. The third kappa shape index (κ3) is 1.85. The van der Waals surface area contributed by atoms with Gasteiger partial charge < -0.3 is 0 Å². The van der Waals surface area contributed by atoms with Crippen molar-refractivity contribution >= 4 is 22.9 Å². The molecule has 0 amide bonds. The van der Waals surface area contributed by atoms with Crippen LogP contribution in [-0.4, -0.2) is 9.78 Å². The standard InChI is InChI=1S/C10H6ClN3OS/c1-14-9(15)4-6(5-12)10(13-14)7-2-3-8(11)16-7/h2-4H,1H3. The highest BCUT2D eigenvalue weighted by Gasteiger charge is 2.11. The lowest BCUT2D eigenvalue weighted by Gasteiger charge is -2.01. The fraction of sp³-hybridized carbons (Fsp3) is 0.100. The van der Waals surface area contributed by atoms with E-state index in [0.29, 0.717) is 10.0 Å². The molecule has 0 bridgehead atoms. The van der Waals surface area contributed by atoms with Gasteiger partial charge in [-0.3, -0.25) is 4.79 Å². The van der Waals surface area contributed by atoms with Crippen LogP contribution in [-0.2, 0) is 7.05 Å². The van der Waals surface area contributed by atoms with Crippen molar-refractivity contribution in [3.63, 3.8) is 0 Å². The summed E-state index contributed by atoms with van der Waals surface area (Å²) >= 11 is 7.14. The van der Waals surface area contributed by atoms with Gasteiger partial charge >= 0.3 is 0 Å². The number of aromatic nitrogens is 2. The fourth-order valence-corrected chi connectivity index (χ4v) is 2.29. The number of hydrogen-bond acceptors (Lipinski definition) is 4. The summed E-state index contributed by atoms with van der Waals surface area (Å²) < 4.78 is 1.82. The molecule has 0 saturated carbocycles. The largest absolute Gasteiger partial charge is 0.268 e. The average Bonchev–Trinajstić information content (AvgIpc) is 2.68. The van der Waals surface area contributed by atoms with Gasteiger partial charge in [-0.25, -0.2) is 4.68 Å². The molecule has 0 spiro atoms. The molecular weight excluding hydrogens is 246 g/mol. The van der Waals surface area contributed by atoms with Crippen molar-refractivity contribution in [3.8, 4) is 16.6 Å². The van der Waals surface area contributed by atoms with Gasteiger partial charge in [0.25, 0.3) is 5.56 Å². The molecule has 2 aromatic rings. The molecule has 0 N–H and O–H groups in total. The molecule has 0 aliphatic rings. The fourth-order valence-electron chi connectivity index (χ4n) is 1.25. The summed E-state index contributed by atoms with van der Waals surface area (Å²) in [5.41, 5.74) is 0.450. The van der Waals surface area contributed by atoms with Crippen LogP contribution in [0.5, 0.6) is 0 Å². The number of hydrogen-bond donors (Lipinski definition) is 0. The number of halogens is 1. The molecule has 2 rings (SSSR count). The summed E-state index contributed by atoms with van der Waals surface area (Å²) in [6, 6.07) is 6.74. The Balaban J connectivity index is 2.70. The zero-order chi connectivity index (χ0) is 11.7. The van der Waals surface area contributed by atoms with Gasteiger partial charge in [-0.1, -0.05) is 11.6 Å². The smallest absolute Gasteiger partial charge is 0.267 e. The number of rotatable bonds is 1. The third-order valence-corrected chi connectivity index (χ3v) is 3.26. The quantitative estimate of drug-likeness (QED) is 0.779. The lowest BCUT2D eigenvalue weighted by molar-refractivity contribution is 0.711. The van der Waals surface area contributed by atoms with E-state index in [9.17, 15) is 4.79 Å². The summed E-state index contributed by atoms with van der Waals surface area (Å²) in [5.74, 6) is 0. The Kier molecular flexibility index (Phi) is 2.77. The van der Waals surface area contributed by atoms with E-state index < -0.39 is 0 Å². The minimum absolute atomic E-state index is 0.265.